The molecule has 0 bridgehead atoms. The zero-order valence-electron chi connectivity index (χ0n) is 16.1. The summed E-state index contributed by atoms with van der Waals surface area (Å²) < 4.78 is 30.8. The van der Waals surface area contributed by atoms with Gasteiger partial charge < -0.3 is 14.2 Å². The summed E-state index contributed by atoms with van der Waals surface area (Å²) in [7, 11) is 0. The minimum Gasteiger partial charge on any atom is -0.379 e. The van der Waals surface area contributed by atoms with Crippen molar-refractivity contribution in [3.8, 4) is 0 Å². The van der Waals surface area contributed by atoms with Crippen LogP contribution in [0.5, 0.6) is 0 Å². The van der Waals surface area contributed by atoms with E-state index in [1.807, 2.05) is 33.8 Å². The van der Waals surface area contributed by atoms with Gasteiger partial charge in [-0.05, 0) is 31.9 Å². The molecule has 2 heterocycles. The summed E-state index contributed by atoms with van der Waals surface area (Å²) in [5, 5.41) is 10.9. The van der Waals surface area contributed by atoms with E-state index in [1.54, 1.807) is 0 Å². The Hall–Kier alpha value is -1.90. The molecule has 1 fully saturated rings. The first-order valence-electron chi connectivity index (χ1n) is 9.02. The normalized spacial score (nSPS) is 24.5. The zero-order valence-corrected chi connectivity index (χ0v) is 16.1. The van der Waals surface area contributed by atoms with Gasteiger partial charge in [0.1, 0.15) is 6.10 Å². The van der Waals surface area contributed by atoms with Crippen molar-refractivity contribution >= 4 is 5.71 Å². The highest BCUT2D eigenvalue weighted by Gasteiger charge is 2.35. The molecular weight excluding hydrogens is 355 g/mol. The van der Waals surface area contributed by atoms with Crippen molar-refractivity contribution in [3.63, 3.8) is 0 Å². The number of nitro groups is 1. The van der Waals surface area contributed by atoms with Crippen LogP contribution in [0.2, 0.25) is 0 Å². The maximum Gasteiger partial charge on any atom is 0.286 e. The van der Waals surface area contributed by atoms with Crippen LogP contribution in [0.1, 0.15) is 40.5 Å². The van der Waals surface area contributed by atoms with Crippen LogP contribution in [0.4, 0.5) is 4.39 Å². The van der Waals surface area contributed by atoms with E-state index in [9.17, 15) is 14.5 Å². The van der Waals surface area contributed by atoms with E-state index in [0.29, 0.717) is 37.5 Å². The number of rotatable bonds is 7. The van der Waals surface area contributed by atoms with Gasteiger partial charge in [0.05, 0.1) is 30.3 Å². The Morgan fingerprint density at radius 3 is 2.81 bits per heavy atom. The first-order chi connectivity index (χ1) is 12.6. The summed E-state index contributed by atoms with van der Waals surface area (Å²) in [5.74, 6) is -1.38. The highest BCUT2D eigenvalue weighted by atomic mass is 19.1. The van der Waals surface area contributed by atoms with Gasteiger partial charge in [-0.3, -0.25) is 15.1 Å². The second-order valence-electron chi connectivity index (χ2n) is 8.08. The van der Waals surface area contributed by atoms with Gasteiger partial charge in [0.25, 0.3) is 5.70 Å². The lowest BCUT2D eigenvalue weighted by Crippen LogP contribution is -2.26. The van der Waals surface area contributed by atoms with Crippen molar-refractivity contribution < 1.29 is 23.5 Å². The number of hydrogen-bond donors (Lipinski definition) is 0. The molecule has 0 radical (unpaired) electrons. The quantitative estimate of drug-likeness (QED) is 0.382. The Kier molecular flexibility index (Phi) is 5.33. The van der Waals surface area contributed by atoms with E-state index in [1.165, 1.54) is 0 Å². The summed E-state index contributed by atoms with van der Waals surface area (Å²) in [6.07, 6.45) is 3.57. The van der Waals surface area contributed by atoms with Gasteiger partial charge in [0.2, 0.25) is 0 Å². The van der Waals surface area contributed by atoms with Crippen LogP contribution in [-0.4, -0.2) is 42.3 Å². The molecule has 3 aliphatic rings. The third-order valence-electron chi connectivity index (χ3n) is 4.93. The smallest absolute Gasteiger partial charge is 0.286 e. The summed E-state index contributed by atoms with van der Waals surface area (Å²) in [6, 6.07) is 0. The predicted molar refractivity (Wildman–Crippen MR) is 97.5 cm³/mol. The first-order valence-corrected chi connectivity index (χ1v) is 9.02. The topological polar surface area (TPSA) is 83.2 Å². The minimum absolute atomic E-state index is 0.0426. The maximum absolute atomic E-state index is 13.8. The molecule has 0 aromatic heterocycles. The second kappa shape index (κ2) is 7.26. The molecule has 0 aromatic rings. The summed E-state index contributed by atoms with van der Waals surface area (Å²) in [6.45, 7) is 9.29. The molecule has 0 saturated carbocycles. The molecule has 0 N–H and O–H groups in total. The Morgan fingerprint density at radius 2 is 2.19 bits per heavy atom. The van der Waals surface area contributed by atoms with Crippen LogP contribution in [0.25, 0.3) is 0 Å². The summed E-state index contributed by atoms with van der Waals surface area (Å²) in [5.41, 5.74) is 1.23. The minimum atomic E-state index is -0.819. The largest absolute Gasteiger partial charge is 0.379 e. The van der Waals surface area contributed by atoms with Gasteiger partial charge in [-0.1, -0.05) is 13.8 Å². The Morgan fingerprint density at radius 1 is 1.44 bits per heavy atom. The predicted octanol–water partition coefficient (Wildman–Crippen LogP) is 3.70. The van der Waals surface area contributed by atoms with Crippen molar-refractivity contribution in [2.45, 2.75) is 52.4 Å². The van der Waals surface area contributed by atoms with Crippen molar-refractivity contribution in [1.82, 2.24) is 0 Å². The average molecular weight is 380 g/mol. The van der Waals surface area contributed by atoms with Crippen molar-refractivity contribution in [1.29, 1.82) is 0 Å². The number of nitrogens with zero attached hydrogens (tertiary/aromatic N) is 2. The van der Waals surface area contributed by atoms with E-state index >= 15 is 0 Å². The van der Waals surface area contributed by atoms with Crippen LogP contribution >= 0.6 is 0 Å². The molecule has 1 saturated heterocycles. The van der Waals surface area contributed by atoms with Crippen molar-refractivity contribution in [2.24, 2.45) is 10.4 Å². The molecule has 0 amide bonds. The van der Waals surface area contributed by atoms with Crippen molar-refractivity contribution in [3.05, 3.63) is 45.1 Å². The Labute approximate surface area is 157 Å². The number of allylic oxidation sites excluding steroid dienone is 5. The summed E-state index contributed by atoms with van der Waals surface area (Å²) in [4.78, 5) is 14.8. The Balaban J connectivity index is 1.54. The highest BCUT2D eigenvalue weighted by Crippen LogP contribution is 2.38. The Bertz CT molecular complexity index is 764. The van der Waals surface area contributed by atoms with Crippen LogP contribution in [0, 0.1) is 15.5 Å². The van der Waals surface area contributed by atoms with Crippen molar-refractivity contribution in [2.75, 3.05) is 19.8 Å². The van der Waals surface area contributed by atoms with Crippen LogP contribution < -0.4 is 0 Å². The number of hydrogen-bond acceptors (Lipinski definition) is 6. The lowest BCUT2D eigenvalue weighted by atomic mass is 9.83. The van der Waals surface area contributed by atoms with Crippen LogP contribution in [0.3, 0.4) is 0 Å². The molecule has 0 spiro atoms. The third-order valence-corrected chi connectivity index (χ3v) is 4.93. The SMILES string of the molecule is CC1(C)OCC(COCCC(C)(C)C2=NC3=CC(F)=C([N+](=O)[O-])CC3=C2)O1. The lowest BCUT2D eigenvalue weighted by Gasteiger charge is -2.24. The fraction of sp³-hybridized carbons (Fsp3) is 0.632. The van der Waals surface area contributed by atoms with Gasteiger partial charge >= 0.3 is 0 Å². The molecule has 1 aliphatic carbocycles. The molecule has 3 rings (SSSR count). The van der Waals surface area contributed by atoms with Crippen LogP contribution in [0.15, 0.2) is 39.9 Å². The average Bonchev–Trinajstić information content (AvgIpc) is 3.13. The standard InChI is InChI=1S/C19H25FN2O5/c1-18(2,5-6-25-10-13-11-26-19(3,4)27-13)17-8-12-7-16(22(23)24)14(20)9-15(12)21-17/h8-9,13H,5-7,10-11H2,1-4H3. The van der Waals surface area contributed by atoms with Crippen LogP contribution in [-0.2, 0) is 14.2 Å². The van der Waals surface area contributed by atoms with E-state index in [-0.39, 0.29) is 17.9 Å². The zero-order chi connectivity index (χ0) is 19.8. The fourth-order valence-corrected chi connectivity index (χ4v) is 3.22. The van der Waals surface area contributed by atoms with E-state index in [0.717, 1.165) is 11.8 Å². The molecule has 1 atom stereocenters. The summed E-state index contributed by atoms with van der Waals surface area (Å²) >= 11 is 0. The second-order valence-corrected chi connectivity index (χ2v) is 8.08. The van der Waals surface area contributed by atoms with E-state index in [2.05, 4.69) is 4.99 Å². The monoisotopic (exact) mass is 380 g/mol. The van der Waals surface area contributed by atoms with E-state index in [4.69, 9.17) is 14.2 Å². The molecule has 2 aliphatic heterocycles. The maximum atomic E-state index is 13.8. The van der Waals surface area contributed by atoms with Gasteiger partial charge in [-0.2, -0.15) is 4.39 Å². The highest BCUT2D eigenvalue weighted by molar-refractivity contribution is 6.03. The fourth-order valence-electron chi connectivity index (χ4n) is 3.22. The molecule has 148 valence electrons. The van der Waals surface area contributed by atoms with Gasteiger partial charge in [-0.25, -0.2) is 0 Å². The molecule has 27 heavy (non-hydrogen) atoms. The number of halogens is 1. The third kappa shape index (κ3) is 4.51. The molecule has 0 aromatic carbocycles. The number of aliphatic imine (C=N–C) groups is 1. The van der Waals surface area contributed by atoms with E-state index < -0.39 is 22.2 Å². The molecular formula is C19H25FN2O5. The lowest BCUT2D eigenvalue weighted by molar-refractivity contribution is -0.429. The number of ether oxygens (including phenoxy) is 3. The molecule has 8 heteroatoms. The molecule has 1 unspecified atom stereocenters. The van der Waals surface area contributed by atoms with Gasteiger partial charge in [0, 0.05) is 23.8 Å². The number of fused-ring (bicyclic) bond motifs is 1. The van der Waals surface area contributed by atoms with Gasteiger partial charge in [0.15, 0.2) is 11.6 Å². The first kappa shape index (κ1) is 19.9. The van der Waals surface area contributed by atoms with Gasteiger partial charge in [-0.15, -0.1) is 0 Å². The molecule has 7 nitrogen and oxygen atoms in total.